The van der Waals surface area contributed by atoms with E-state index in [9.17, 15) is 0 Å². The van der Waals surface area contributed by atoms with Gasteiger partial charge in [-0.2, -0.15) is 0 Å². The predicted molar refractivity (Wildman–Crippen MR) is 60.7 cm³/mol. The molecule has 1 atom stereocenters. The molecule has 0 aliphatic carbocycles. The van der Waals surface area contributed by atoms with E-state index in [1.807, 2.05) is 12.1 Å². The number of rotatable bonds is 1. The highest BCUT2D eigenvalue weighted by molar-refractivity contribution is 6.31. The van der Waals surface area contributed by atoms with Crippen molar-refractivity contribution < 1.29 is 0 Å². The normalized spacial score (nSPS) is 23.1. The Morgan fingerprint density at radius 1 is 1.14 bits per heavy atom. The summed E-state index contributed by atoms with van der Waals surface area (Å²) in [5, 5.41) is 4.45. The van der Waals surface area contributed by atoms with Crippen LogP contribution >= 0.6 is 11.6 Å². The van der Waals surface area contributed by atoms with Crippen LogP contribution in [0.15, 0.2) is 24.3 Å². The van der Waals surface area contributed by atoms with Crippen molar-refractivity contribution in [2.24, 2.45) is 0 Å². The summed E-state index contributed by atoms with van der Waals surface area (Å²) >= 11 is 6.17. The Hall–Kier alpha value is -0.530. The zero-order valence-electron chi connectivity index (χ0n) is 8.30. The first kappa shape index (κ1) is 10.0. The summed E-state index contributed by atoms with van der Waals surface area (Å²) in [5.74, 6) is 0. The minimum Gasteiger partial charge on any atom is -0.310 e. The van der Waals surface area contributed by atoms with Gasteiger partial charge in [0.1, 0.15) is 0 Å². The van der Waals surface area contributed by atoms with E-state index >= 15 is 0 Å². The first-order valence-electron chi connectivity index (χ1n) is 5.36. The van der Waals surface area contributed by atoms with Crippen LogP contribution in [0.4, 0.5) is 0 Å². The molecule has 1 aliphatic rings. The summed E-state index contributed by atoms with van der Waals surface area (Å²) < 4.78 is 0. The standard InChI is InChI=1S/C12H16ClN/c13-11-7-4-3-6-10(11)12-8-2-1-5-9-14-12/h3-4,6-7,12,14H,1-2,5,8-9H2/t12-/m0/s1. The van der Waals surface area contributed by atoms with Crippen molar-refractivity contribution in [2.45, 2.75) is 31.7 Å². The Bertz CT molecular complexity index is 290. The summed E-state index contributed by atoms with van der Waals surface area (Å²) in [6.45, 7) is 1.12. The van der Waals surface area contributed by atoms with Crippen LogP contribution < -0.4 is 5.32 Å². The van der Waals surface area contributed by atoms with Crippen LogP contribution in [-0.4, -0.2) is 6.54 Å². The van der Waals surface area contributed by atoms with Crippen LogP contribution in [0.3, 0.4) is 0 Å². The van der Waals surface area contributed by atoms with E-state index in [0.717, 1.165) is 11.6 Å². The molecule has 0 unspecified atom stereocenters. The molecule has 14 heavy (non-hydrogen) atoms. The van der Waals surface area contributed by atoms with Crippen LogP contribution in [0.2, 0.25) is 5.02 Å². The van der Waals surface area contributed by atoms with Crippen molar-refractivity contribution >= 4 is 11.6 Å². The summed E-state index contributed by atoms with van der Waals surface area (Å²) in [6, 6.07) is 8.62. The van der Waals surface area contributed by atoms with Crippen LogP contribution in [0, 0.1) is 0 Å². The highest BCUT2D eigenvalue weighted by Gasteiger charge is 2.15. The van der Waals surface area contributed by atoms with E-state index in [-0.39, 0.29) is 0 Å². The Morgan fingerprint density at radius 3 is 2.86 bits per heavy atom. The number of hydrogen-bond acceptors (Lipinski definition) is 1. The maximum absolute atomic E-state index is 6.17. The molecule has 1 heterocycles. The molecule has 1 nitrogen and oxygen atoms in total. The van der Waals surface area contributed by atoms with Crippen molar-refractivity contribution in [3.05, 3.63) is 34.9 Å². The maximum Gasteiger partial charge on any atom is 0.0453 e. The molecule has 0 bridgehead atoms. The third-order valence-electron chi connectivity index (χ3n) is 2.84. The largest absolute Gasteiger partial charge is 0.310 e. The number of hydrogen-bond donors (Lipinski definition) is 1. The lowest BCUT2D eigenvalue weighted by Crippen LogP contribution is -2.20. The van der Waals surface area contributed by atoms with Gasteiger partial charge in [-0.3, -0.25) is 0 Å². The first-order chi connectivity index (χ1) is 6.88. The highest BCUT2D eigenvalue weighted by Crippen LogP contribution is 2.27. The molecule has 76 valence electrons. The average Bonchev–Trinajstić information content (AvgIpc) is 2.47. The number of nitrogens with one attached hydrogen (secondary N) is 1. The first-order valence-corrected chi connectivity index (χ1v) is 5.73. The molecule has 2 heteroatoms. The van der Waals surface area contributed by atoms with Crippen LogP contribution in [-0.2, 0) is 0 Å². The molecule has 1 aliphatic heterocycles. The lowest BCUT2D eigenvalue weighted by molar-refractivity contribution is 0.535. The molecule has 0 radical (unpaired) electrons. The Kier molecular flexibility index (Phi) is 3.44. The second-order valence-electron chi connectivity index (χ2n) is 3.88. The zero-order chi connectivity index (χ0) is 9.80. The van der Waals surface area contributed by atoms with Crippen LogP contribution in [0.1, 0.15) is 37.3 Å². The van der Waals surface area contributed by atoms with Crippen molar-refractivity contribution in [3.8, 4) is 0 Å². The van der Waals surface area contributed by atoms with Gasteiger partial charge in [-0.25, -0.2) is 0 Å². The average molecular weight is 210 g/mol. The molecular weight excluding hydrogens is 194 g/mol. The monoisotopic (exact) mass is 209 g/mol. The van der Waals surface area contributed by atoms with Gasteiger partial charge in [0.15, 0.2) is 0 Å². The second-order valence-corrected chi connectivity index (χ2v) is 4.28. The lowest BCUT2D eigenvalue weighted by atomic mass is 10.0. The van der Waals surface area contributed by atoms with E-state index in [1.54, 1.807) is 0 Å². The molecular formula is C12H16ClN. The van der Waals surface area contributed by atoms with Gasteiger partial charge in [-0.05, 0) is 31.0 Å². The molecule has 1 aromatic carbocycles. The van der Waals surface area contributed by atoms with E-state index in [2.05, 4.69) is 17.4 Å². The SMILES string of the molecule is Clc1ccccc1[C@@H]1CCCCCN1. The van der Waals surface area contributed by atoms with Crippen molar-refractivity contribution in [2.75, 3.05) is 6.54 Å². The fourth-order valence-electron chi connectivity index (χ4n) is 2.05. The maximum atomic E-state index is 6.17. The van der Waals surface area contributed by atoms with Gasteiger partial charge in [-0.1, -0.05) is 42.6 Å². The smallest absolute Gasteiger partial charge is 0.0453 e. The highest BCUT2D eigenvalue weighted by atomic mass is 35.5. The Morgan fingerprint density at radius 2 is 2.00 bits per heavy atom. The molecule has 0 amide bonds. The van der Waals surface area contributed by atoms with Gasteiger partial charge in [0.05, 0.1) is 0 Å². The van der Waals surface area contributed by atoms with Crippen molar-refractivity contribution in [1.82, 2.24) is 5.32 Å². The molecule has 1 saturated heterocycles. The number of halogens is 1. The molecule has 1 N–H and O–H groups in total. The van der Waals surface area contributed by atoms with Gasteiger partial charge in [0, 0.05) is 11.1 Å². The quantitative estimate of drug-likeness (QED) is 0.746. The van der Waals surface area contributed by atoms with Gasteiger partial charge < -0.3 is 5.32 Å². The Balaban J connectivity index is 2.16. The molecule has 0 saturated carbocycles. The summed E-state index contributed by atoms with van der Waals surface area (Å²) in [6.07, 6.45) is 5.15. The topological polar surface area (TPSA) is 12.0 Å². The minimum absolute atomic E-state index is 0.464. The van der Waals surface area contributed by atoms with Gasteiger partial charge in [-0.15, -0.1) is 0 Å². The lowest BCUT2D eigenvalue weighted by Gasteiger charge is -2.17. The van der Waals surface area contributed by atoms with Crippen molar-refractivity contribution in [3.63, 3.8) is 0 Å². The van der Waals surface area contributed by atoms with E-state index < -0.39 is 0 Å². The summed E-state index contributed by atoms with van der Waals surface area (Å²) in [7, 11) is 0. The van der Waals surface area contributed by atoms with E-state index in [4.69, 9.17) is 11.6 Å². The zero-order valence-corrected chi connectivity index (χ0v) is 9.06. The fraction of sp³-hybridized carbons (Fsp3) is 0.500. The number of benzene rings is 1. The van der Waals surface area contributed by atoms with Gasteiger partial charge in [0.25, 0.3) is 0 Å². The molecule has 0 spiro atoms. The summed E-state index contributed by atoms with van der Waals surface area (Å²) in [5.41, 5.74) is 1.26. The summed E-state index contributed by atoms with van der Waals surface area (Å²) in [4.78, 5) is 0. The third kappa shape index (κ3) is 2.28. The Labute approximate surface area is 90.5 Å². The van der Waals surface area contributed by atoms with Gasteiger partial charge in [0.2, 0.25) is 0 Å². The van der Waals surface area contributed by atoms with E-state index in [0.29, 0.717) is 6.04 Å². The van der Waals surface area contributed by atoms with Crippen molar-refractivity contribution in [1.29, 1.82) is 0 Å². The van der Waals surface area contributed by atoms with E-state index in [1.165, 1.54) is 31.2 Å². The predicted octanol–water partition coefficient (Wildman–Crippen LogP) is 3.54. The second kappa shape index (κ2) is 4.81. The minimum atomic E-state index is 0.464. The molecule has 1 fully saturated rings. The van der Waals surface area contributed by atoms with Crippen LogP contribution in [0.5, 0.6) is 0 Å². The van der Waals surface area contributed by atoms with Gasteiger partial charge >= 0.3 is 0 Å². The molecule has 1 aromatic rings. The fourth-order valence-corrected chi connectivity index (χ4v) is 2.32. The van der Waals surface area contributed by atoms with Crippen LogP contribution in [0.25, 0.3) is 0 Å². The molecule has 2 rings (SSSR count). The molecule has 0 aromatic heterocycles. The third-order valence-corrected chi connectivity index (χ3v) is 3.19.